The number of primary sulfonamides is 1. The van der Waals surface area contributed by atoms with Crippen molar-refractivity contribution in [2.24, 2.45) is 5.14 Å². The van der Waals surface area contributed by atoms with Crippen LogP contribution < -0.4 is 19.5 Å². The van der Waals surface area contributed by atoms with Gasteiger partial charge in [-0.3, -0.25) is 14.5 Å². The number of aliphatic hydroxyl groups excluding tert-OH is 1. The van der Waals surface area contributed by atoms with Gasteiger partial charge in [0.05, 0.1) is 35.3 Å². The molecule has 1 fully saturated rings. The van der Waals surface area contributed by atoms with Crippen LogP contribution >= 0.6 is 11.6 Å². The summed E-state index contributed by atoms with van der Waals surface area (Å²) in [6, 6.07) is 9.92. The smallest absolute Gasteiger partial charge is 0.300 e. The Morgan fingerprint density at radius 1 is 1.06 bits per heavy atom. The van der Waals surface area contributed by atoms with Crippen LogP contribution in [0.3, 0.4) is 0 Å². The van der Waals surface area contributed by atoms with Gasteiger partial charge in [0.15, 0.2) is 0 Å². The minimum atomic E-state index is -3.98. The molecule has 1 aliphatic heterocycles. The van der Waals surface area contributed by atoms with E-state index in [0.717, 1.165) is 4.90 Å². The highest BCUT2D eigenvalue weighted by Crippen LogP contribution is 2.45. The average Bonchev–Trinajstić information content (AvgIpc) is 3.38. The van der Waals surface area contributed by atoms with Crippen molar-refractivity contribution < 1.29 is 37.0 Å². The number of Topliss-reactive ketones (excluding diaryl/α,β-unsaturated/α-hetero) is 1. The molecule has 1 aromatic heterocycles. The second-order valence-electron chi connectivity index (χ2n) is 7.84. The van der Waals surface area contributed by atoms with E-state index in [1.54, 1.807) is 19.1 Å². The van der Waals surface area contributed by atoms with Gasteiger partial charge in [-0.1, -0.05) is 11.6 Å². The number of amides is 1. The Bertz CT molecular complexity index is 1510. The maximum Gasteiger partial charge on any atom is 0.300 e. The number of carbonyl (C=O) groups is 2. The van der Waals surface area contributed by atoms with Crippen molar-refractivity contribution >= 4 is 44.8 Å². The number of furan rings is 1. The van der Waals surface area contributed by atoms with Crippen LogP contribution in [0.2, 0.25) is 5.02 Å². The van der Waals surface area contributed by atoms with Crippen molar-refractivity contribution in [2.75, 3.05) is 19.1 Å². The van der Waals surface area contributed by atoms with Crippen molar-refractivity contribution in [2.45, 2.75) is 17.9 Å². The number of carbonyl (C=O) groups excluding carboxylic acids is 2. The van der Waals surface area contributed by atoms with Crippen LogP contribution in [0.25, 0.3) is 5.76 Å². The largest absolute Gasteiger partial charge is 0.507 e. The molecule has 10 nitrogen and oxygen atoms in total. The highest BCUT2D eigenvalue weighted by molar-refractivity contribution is 7.89. The van der Waals surface area contributed by atoms with Crippen LogP contribution in [0.15, 0.2) is 63.4 Å². The molecule has 1 amide bonds. The van der Waals surface area contributed by atoms with Crippen LogP contribution in [0, 0.1) is 6.92 Å². The Morgan fingerprint density at radius 2 is 1.69 bits per heavy atom. The molecule has 1 unspecified atom stereocenters. The molecule has 2 aromatic carbocycles. The molecule has 3 N–H and O–H groups in total. The number of nitrogens with zero attached hydrogens (tertiary/aromatic N) is 1. The number of aliphatic hydroxyl groups is 1. The van der Waals surface area contributed by atoms with E-state index in [1.165, 1.54) is 50.6 Å². The van der Waals surface area contributed by atoms with Crippen molar-refractivity contribution in [1.82, 2.24) is 0 Å². The molecule has 3 aromatic rings. The summed E-state index contributed by atoms with van der Waals surface area (Å²) in [5, 5.41) is 16.7. The fourth-order valence-corrected chi connectivity index (χ4v) is 4.70. The van der Waals surface area contributed by atoms with Gasteiger partial charge in [0, 0.05) is 11.8 Å². The van der Waals surface area contributed by atoms with E-state index < -0.39 is 33.5 Å². The van der Waals surface area contributed by atoms with E-state index in [1.807, 2.05) is 0 Å². The van der Waals surface area contributed by atoms with Crippen LogP contribution in [0.5, 0.6) is 11.5 Å². The van der Waals surface area contributed by atoms with Gasteiger partial charge in [-0.05, 0) is 49.4 Å². The van der Waals surface area contributed by atoms with E-state index in [4.69, 9.17) is 30.6 Å². The molecule has 4 rings (SSSR count). The van der Waals surface area contributed by atoms with E-state index in [0.29, 0.717) is 5.76 Å². The van der Waals surface area contributed by atoms with Crippen LogP contribution in [-0.2, 0) is 19.6 Å². The van der Waals surface area contributed by atoms with E-state index in [9.17, 15) is 23.1 Å². The summed E-state index contributed by atoms with van der Waals surface area (Å²) in [5.41, 5.74) is -0.0228. The normalized spacial score (nSPS) is 17.5. The van der Waals surface area contributed by atoms with Crippen molar-refractivity contribution in [3.8, 4) is 11.5 Å². The zero-order valence-corrected chi connectivity index (χ0v) is 20.9. The van der Waals surface area contributed by atoms with Gasteiger partial charge in [-0.2, -0.15) is 0 Å². The zero-order chi connectivity index (χ0) is 26.4. The third-order valence-electron chi connectivity index (χ3n) is 5.65. The first kappa shape index (κ1) is 25.3. The first-order valence-electron chi connectivity index (χ1n) is 10.4. The molecule has 0 radical (unpaired) electrons. The Balaban J connectivity index is 1.96. The van der Waals surface area contributed by atoms with Crippen LogP contribution in [-0.4, -0.2) is 39.4 Å². The molecule has 0 aliphatic carbocycles. The second kappa shape index (κ2) is 9.34. The minimum Gasteiger partial charge on any atom is -0.507 e. The second-order valence-corrected chi connectivity index (χ2v) is 9.81. The lowest BCUT2D eigenvalue weighted by Gasteiger charge is -2.23. The van der Waals surface area contributed by atoms with Gasteiger partial charge in [0.2, 0.25) is 10.0 Å². The van der Waals surface area contributed by atoms with Crippen LogP contribution in [0.4, 0.5) is 5.69 Å². The monoisotopic (exact) mass is 532 g/mol. The summed E-state index contributed by atoms with van der Waals surface area (Å²) in [4.78, 5) is 27.4. The summed E-state index contributed by atoms with van der Waals surface area (Å²) in [6.45, 7) is 1.68. The number of methoxy groups -OCH3 is 2. The topological polar surface area (TPSA) is 149 Å². The maximum atomic E-state index is 13.3. The molecule has 1 aliphatic rings. The number of benzene rings is 2. The van der Waals surface area contributed by atoms with Crippen molar-refractivity contribution in [3.63, 3.8) is 0 Å². The number of hydrogen-bond donors (Lipinski definition) is 2. The minimum absolute atomic E-state index is 0.0644. The van der Waals surface area contributed by atoms with Gasteiger partial charge >= 0.3 is 0 Å². The highest BCUT2D eigenvalue weighted by Gasteiger charge is 2.48. The third-order valence-corrected chi connectivity index (χ3v) is 6.87. The first-order valence-corrected chi connectivity index (χ1v) is 12.3. The third kappa shape index (κ3) is 4.32. The number of rotatable bonds is 6. The Morgan fingerprint density at radius 3 is 2.22 bits per heavy atom. The molecule has 0 spiro atoms. The molecule has 12 heteroatoms. The number of anilines is 1. The Hall–Kier alpha value is -3.80. The van der Waals surface area contributed by atoms with Gasteiger partial charge in [-0.15, -0.1) is 0 Å². The number of nitrogens with two attached hydrogens (primary N) is 1. The number of hydrogen-bond acceptors (Lipinski definition) is 8. The molecule has 1 atom stereocenters. The number of sulfonamides is 1. The molecule has 36 heavy (non-hydrogen) atoms. The summed E-state index contributed by atoms with van der Waals surface area (Å²) >= 11 is 6.17. The SMILES string of the molecule is COc1cc(/C(O)=C2\C(=O)C(=O)N(c3ccc(S(N)(=O)=O)cc3)C2c2ccc(C)o2)c(OC)cc1Cl. The van der Waals surface area contributed by atoms with Gasteiger partial charge in [-0.25, -0.2) is 13.6 Å². The number of ketones is 1. The standard InChI is InChI=1S/C24H21ClN2O8S/c1-12-4-9-17(35-12)21-20(22(28)15-10-19(34-3)16(25)11-18(15)33-2)23(29)24(30)27(21)13-5-7-14(8-6-13)36(26,31)32/h4-11,21,28H,1-3H3,(H2,26,31,32)/b22-20+. The summed E-state index contributed by atoms with van der Waals surface area (Å²) in [6.07, 6.45) is 0. The highest BCUT2D eigenvalue weighted by atomic mass is 35.5. The molecule has 2 heterocycles. The van der Waals surface area contributed by atoms with Crippen molar-refractivity contribution in [1.29, 1.82) is 0 Å². The Kier molecular flexibility index (Phi) is 6.56. The number of halogens is 1. The van der Waals surface area contributed by atoms with E-state index in [-0.39, 0.29) is 44.0 Å². The van der Waals surface area contributed by atoms with Crippen LogP contribution in [0.1, 0.15) is 23.1 Å². The van der Waals surface area contributed by atoms with E-state index in [2.05, 4.69) is 0 Å². The predicted octanol–water partition coefficient (Wildman–Crippen LogP) is 3.53. The summed E-state index contributed by atoms with van der Waals surface area (Å²) in [5.74, 6) is -1.44. The number of ether oxygens (including phenoxy) is 2. The molecular formula is C24H21ClN2O8S. The molecule has 1 saturated heterocycles. The predicted molar refractivity (Wildman–Crippen MR) is 131 cm³/mol. The lowest BCUT2D eigenvalue weighted by atomic mass is 9.98. The fraction of sp³-hybridized carbons (Fsp3) is 0.167. The molecule has 0 bridgehead atoms. The van der Waals surface area contributed by atoms with Gasteiger partial charge in [0.1, 0.15) is 34.8 Å². The zero-order valence-electron chi connectivity index (χ0n) is 19.3. The van der Waals surface area contributed by atoms with Gasteiger partial charge < -0.3 is 19.0 Å². The molecule has 0 saturated carbocycles. The first-order chi connectivity index (χ1) is 17.0. The molecule has 188 valence electrons. The summed E-state index contributed by atoms with van der Waals surface area (Å²) in [7, 11) is -1.25. The summed E-state index contributed by atoms with van der Waals surface area (Å²) < 4.78 is 39.6. The number of aryl methyl sites for hydroxylation is 1. The maximum absolute atomic E-state index is 13.3. The molecular weight excluding hydrogens is 512 g/mol. The van der Waals surface area contributed by atoms with Crippen molar-refractivity contribution in [3.05, 3.63) is 76.2 Å². The quantitative estimate of drug-likeness (QED) is 0.278. The fourth-order valence-electron chi connectivity index (χ4n) is 3.96. The lowest BCUT2D eigenvalue weighted by molar-refractivity contribution is -0.132. The average molecular weight is 533 g/mol. The van der Waals surface area contributed by atoms with E-state index >= 15 is 0 Å². The lowest BCUT2D eigenvalue weighted by Crippen LogP contribution is -2.29. The van der Waals surface area contributed by atoms with Gasteiger partial charge in [0.25, 0.3) is 11.7 Å². The Labute approximate surface area is 211 Å².